The molecule has 5 heteroatoms. The Bertz CT molecular complexity index is 461. The molecule has 1 saturated heterocycles. The molecule has 0 spiro atoms. The van der Waals surface area contributed by atoms with Crippen LogP contribution >= 0.6 is 0 Å². The predicted molar refractivity (Wildman–Crippen MR) is 91.9 cm³/mol. The molecule has 0 unspecified atom stereocenters. The molecule has 5 nitrogen and oxygen atoms in total. The maximum absolute atomic E-state index is 9.96. The number of hydrogen-bond donors (Lipinski definition) is 1. The quantitative estimate of drug-likeness (QED) is 0.790. The van der Waals surface area contributed by atoms with Gasteiger partial charge in [-0.15, -0.1) is 0 Å². The van der Waals surface area contributed by atoms with Crippen molar-refractivity contribution in [3.8, 4) is 5.75 Å². The zero-order valence-electron chi connectivity index (χ0n) is 14.6. The number of piperazine rings is 1. The van der Waals surface area contributed by atoms with E-state index in [-0.39, 0.29) is 0 Å². The summed E-state index contributed by atoms with van der Waals surface area (Å²) >= 11 is 0. The third-order valence-electron chi connectivity index (χ3n) is 4.53. The summed E-state index contributed by atoms with van der Waals surface area (Å²) in [6.45, 7) is 9.90. The van der Waals surface area contributed by atoms with Gasteiger partial charge in [-0.2, -0.15) is 0 Å². The van der Waals surface area contributed by atoms with Gasteiger partial charge in [0.15, 0.2) is 0 Å². The Morgan fingerprint density at radius 3 is 2.52 bits per heavy atom. The lowest BCUT2D eigenvalue weighted by Crippen LogP contribution is -2.49. The highest BCUT2D eigenvalue weighted by atomic mass is 16.5. The molecule has 2 rings (SSSR count). The first kappa shape index (κ1) is 18.2. The molecule has 1 aliphatic heterocycles. The zero-order valence-corrected chi connectivity index (χ0v) is 14.6. The van der Waals surface area contributed by atoms with Crippen LogP contribution in [-0.4, -0.2) is 74.1 Å². The van der Waals surface area contributed by atoms with Crippen LogP contribution in [0.3, 0.4) is 0 Å². The third kappa shape index (κ3) is 5.18. The van der Waals surface area contributed by atoms with E-state index in [1.54, 1.807) is 7.11 Å². The Hall–Kier alpha value is -1.14. The summed E-state index contributed by atoms with van der Waals surface area (Å²) in [7, 11) is 1.73. The second-order valence-electron chi connectivity index (χ2n) is 6.07. The number of aliphatic hydroxyl groups excluding tert-OH is 1. The van der Waals surface area contributed by atoms with Gasteiger partial charge in [0.2, 0.25) is 0 Å². The van der Waals surface area contributed by atoms with Gasteiger partial charge in [0.25, 0.3) is 0 Å². The Kier molecular flexibility index (Phi) is 7.30. The van der Waals surface area contributed by atoms with Gasteiger partial charge in [0.05, 0.1) is 19.8 Å². The smallest absolute Gasteiger partial charge is 0.123 e. The lowest BCUT2D eigenvalue weighted by molar-refractivity contribution is 0.00715. The van der Waals surface area contributed by atoms with Crippen molar-refractivity contribution in [3.63, 3.8) is 0 Å². The minimum atomic E-state index is -0.395. The van der Waals surface area contributed by atoms with Crippen LogP contribution in [0.5, 0.6) is 5.75 Å². The number of β-amino-alcohol motifs (C(OH)–C–C–N with tert-alkyl or cyclic N) is 1. The Balaban J connectivity index is 1.84. The predicted octanol–water partition coefficient (Wildman–Crippen LogP) is 1.77. The molecular formula is C18H30N2O3. The van der Waals surface area contributed by atoms with Crippen molar-refractivity contribution in [1.82, 2.24) is 9.80 Å². The molecule has 23 heavy (non-hydrogen) atoms. The van der Waals surface area contributed by atoms with Gasteiger partial charge in [-0.1, -0.05) is 18.2 Å². The van der Waals surface area contributed by atoms with Gasteiger partial charge in [0, 0.05) is 50.9 Å². The van der Waals surface area contributed by atoms with Gasteiger partial charge in [-0.3, -0.25) is 9.80 Å². The molecule has 1 aromatic rings. The molecule has 2 atom stereocenters. The third-order valence-corrected chi connectivity index (χ3v) is 4.53. The van der Waals surface area contributed by atoms with Crippen molar-refractivity contribution in [2.24, 2.45) is 0 Å². The largest absolute Gasteiger partial charge is 0.496 e. The summed E-state index contributed by atoms with van der Waals surface area (Å²) in [5.74, 6) is 0.953. The Labute approximate surface area is 139 Å². The second-order valence-corrected chi connectivity index (χ2v) is 6.07. The van der Waals surface area contributed by atoms with Crippen LogP contribution in [0.2, 0.25) is 0 Å². The Morgan fingerprint density at radius 2 is 1.87 bits per heavy atom. The summed E-state index contributed by atoms with van der Waals surface area (Å²) < 4.78 is 10.8. The molecule has 0 aromatic heterocycles. The average molecular weight is 322 g/mol. The second kappa shape index (κ2) is 9.23. The van der Waals surface area contributed by atoms with Gasteiger partial charge in [-0.25, -0.2) is 0 Å². The van der Waals surface area contributed by atoms with Gasteiger partial charge < -0.3 is 14.6 Å². The number of methoxy groups -OCH3 is 1. The molecule has 0 aliphatic carbocycles. The number of ether oxygens (including phenoxy) is 2. The van der Waals surface area contributed by atoms with Crippen LogP contribution in [0.15, 0.2) is 24.3 Å². The molecule has 0 radical (unpaired) electrons. The summed E-state index contributed by atoms with van der Waals surface area (Å²) in [5, 5.41) is 9.96. The minimum absolute atomic E-state index is 0.335. The molecule has 0 bridgehead atoms. The van der Waals surface area contributed by atoms with E-state index in [0.717, 1.165) is 31.9 Å². The van der Waals surface area contributed by atoms with E-state index in [1.165, 1.54) is 5.56 Å². The van der Waals surface area contributed by atoms with E-state index in [2.05, 4.69) is 28.9 Å². The molecule has 130 valence electrons. The van der Waals surface area contributed by atoms with Gasteiger partial charge in [0.1, 0.15) is 5.75 Å². The van der Waals surface area contributed by atoms with Crippen LogP contribution in [0.25, 0.3) is 0 Å². The summed E-state index contributed by atoms with van der Waals surface area (Å²) in [6, 6.07) is 8.57. The summed E-state index contributed by atoms with van der Waals surface area (Å²) in [6.07, 6.45) is -0.395. The average Bonchev–Trinajstić information content (AvgIpc) is 2.60. The number of hydrogen-bond acceptors (Lipinski definition) is 5. The van der Waals surface area contributed by atoms with Crippen LogP contribution in [0.1, 0.15) is 25.5 Å². The summed E-state index contributed by atoms with van der Waals surface area (Å²) in [4.78, 5) is 4.79. The molecule has 1 aromatic carbocycles. The maximum Gasteiger partial charge on any atom is 0.123 e. The molecular weight excluding hydrogens is 292 g/mol. The van der Waals surface area contributed by atoms with Crippen LogP contribution < -0.4 is 4.74 Å². The maximum atomic E-state index is 9.96. The van der Waals surface area contributed by atoms with Crippen molar-refractivity contribution < 1.29 is 14.6 Å². The van der Waals surface area contributed by atoms with Crippen molar-refractivity contribution in [1.29, 1.82) is 0 Å². The highest BCUT2D eigenvalue weighted by Gasteiger charge is 2.24. The van der Waals surface area contributed by atoms with Crippen LogP contribution in [0.4, 0.5) is 0 Å². The van der Waals surface area contributed by atoms with Gasteiger partial charge in [-0.05, 0) is 19.9 Å². The number of benzene rings is 1. The van der Waals surface area contributed by atoms with Gasteiger partial charge >= 0.3 is 0 Å². The molecule has 1 heterocycles. The topological polar surface area (TPSA) is 45.2 Å². The number of para-hydroxylation sites is 1. The lowest BCUT2D eigenvalue weighted by Gasteiger charge is -2.39. The monoisotopic (exact) mass is 322 g/mol. The van der Waals surface area contributed by atoms with Crippen molar-refractivity contribution in [3.05, 3.63) is 29.8 Å². The van der Waals surface area contributed by atoms with E-state index in [1.807, 2.05) is 19.1 Å². The Morgan fingerprint density at radius 1 is 1.17 bits per heavy atom. The van der Waals surface area contributed by atoms with E-state index in [0.29, 0.717) is 25.8 Å². The van der Waals surface area contributed by atoms with E-state index in [9.17, 15) is 5.11 Å². The molecule has 1 N–H and O–H groups in total. The van der Waals surface area contributed by atoms with Crippen molar-refractivity contribution >= 4 is 0 Å². The van der Waals surface area contributed by atoms with E-state index in [4.69, 9.17) is 9.47 Å². The van der Waals surface area contributed by atoms with E-state index >= 15 is 0 Å². The zero-order chi connectivity index (χ0) is 16.7. The number of rotatable bonds is 8. The van der Waals surface area contributed by atoms with Crippen LogP contribution in [0, 0.1) is 0 Å². The van der Waals surface area contributed by atoms with E-state index < -0.39 is 6.10 Å². The fraction of sp³-hybridized carbons (Fsp3) is 0.667. The highest BCUT2D eigenvalue weighted by molar-refractivity contribution is 5.35. The molecule has 1 aliphatic rings. The standard InChI is InChI=1S/C18H30N2O3/c1-4-23-14-16(21)13-19-9-11-20(12-10-19)15(2)17-7-5-6-8-18(17)22-3/h5-8,15-16,21H,4,9-14H2,1-3H3/t15-,16+/m1/s1. The van der Waals surface area contributed by atoms with Crippen LogP contribution in [-0.2, 0) is 4.74 Å². The number of aliphatic hydroxyl groups is 1. The summed E-state index contributed by atoms with van der Waals surface area (Å²) in [5.41, 5.74) is 1.24. The first-order valence-corrected chi connectivity index (χ1v) is 8.50. The lowest BCUT2D eigenvalue weighted by atomic mass is 10.0. The molecule has 0 saturated carbocycles. The van der Waals surface area contributed by atoms with Crippen molar-refractivity contribution in [2.75, 3.05) is 53.0 Å². The highest BCUT2D eigenvalue weighted by Crippen LogP contribution is 2.29. The fourth-order valence-electron chi connectivity index (χ4n) is 3.15. The first-order chi connectivity index (χ1) is 11.2. The fourth-order valence-corrected chi connectivity index (χ4v) is 3.15. The molecule has 1 fully saturated rings. The normalized spacial score (nSPS) is 19.5. The first-order valence-electron chi connectivity index (χ1n) is 8.50. The van der Waals surface area contributed by atoms with Crippen molar-refractivity contribution in [2.45, 2.75) is 26.0 Å². The molecule has 0 amide bonds. The number of nitrogens with zero attached hydrogens (tertiary/aromatic N) is 2. The minimum Gasteiger partial charge on any atom is -0.496 e. The SMILES string of the molecule is CCOC[C@@H](O)CN1CCN([C@H](C)c2ccccc2OC)CC1.